The zero-order chi connectivity index (χ0) is 22.7. The van der Waals surface area contributed by atoms with Crippen LogP contribution in [0.2, 0.25) is 0 Å². The van der Waals surface area contributed by atoms with Crippen LogP contribution in [0, 0.1) is 0 Å². The summed E-state index contributed by atoms with van der Waals surface area (Å²) in [6, 6.07) is 9.10. The van der Waals surface area contributed by atoms with Crippen molar-refractivity contribution < 1.29 is 19.7 Å². The van der Waals surface area contributed by atoms with E-state index >= 15 is 0 Å². The molecular weight excluding hydrogens is 376 g/mol. The van der Waals surface area contributed by atoms with Crippen LogP contribution in [0.25, 0.3) is 17.2 Å². The van der Waals surface area contributed by atoms with Crippen molar-refractivity contribution in [2.45, 2.75) is 65.7 Å². The maximum absolute atomic E-state index is 12.9. The van der Waals surface area contributed by atoms with Crippen molar-refractivity contribution in [3.05, 3.63) is 53.1 Å². The van der Waals surface area contributed by atoms with Crippen molar-refractivity contribution in [1.82, 2.24) is 0 Å². The Morgan fingerprint density at radius 2 is 1.70 bits per heavy atom. The average molecular weight is 410 g/mol. The predicted molar refractivity (Wildman–Crippen MR) is 121 cm³/mol. The van der Waals surface area contributed by atoms with E-state index in [9.17, 15) is 9.90 Å². The first-order valence-corrected chi connectivity index (χ1v) is 10.4. The van der Waals surface area contributed by atoms with E-state index in [4.69, 9.17) is 9.84 Å². The Hall–Kier alpha value is -2.75. The molecule has 2 rings (SSSR count). The van der Waals surface area contributed by atoms with Gasteiger partial charge >= 0.3 is 5.97 Å². The number of carboxylic acids is 1. The summed E-state index contributed by atoms with van der Waals surface area (Å²) in [7, 11) is 0. The number of carboxylic acid groups (broad SMARTS) is 1. The fourth-order valence-corrected chi connectivity index (χ4v) is 3.21. The van der Waals surface area contributed by atoms with Gasteiger partial charge in [0.05, 0.1) is 6.61 Å². The topological polar surface area (TPSA) is 69.6 Å². The summed E-state index contributed by atoms with van der Waals surface area (Å²) in [6.07, 6.45) is 3.43. The molecule has 0 saturated carbocycles. The number of hydrogen-bond donors (Lipinski definition) is 1. The highest BCUT2D eigenvalue weighted by Gasteiger charge is 2.26. The second kappa shape index (κ2) is 8.95. The Labute approximate surface area is 180 Å². The number of benzene rings is 2. The number of ether oxygens (including phenoxy) is 1. The molecule has 4 nitrogen and oxygen atoms in total. The molecular formula is C26H33O4-. The van der Waals surface area contributed by atoms with E-state index in [0.29, 0.717) is 17.7 Å². The van der Waals surface area contributed by atoms with Gasteiger partial charge in [0.1, 0.15) is 5.75 Å². The molecule has 30 heavy (non-hydrogen) atoms. The standard InChI is InChI=1S/C26H34O4/c1-8-13-30-24-20(15-18(25(2,3)4)16-21(24)26(5,6)7)19-14-17(9-11-22(19)27)10-12-23(28)29/h9-12,14-16,27H,8,13H2,1-7H3,(H,28,29)/p-1/b12-10+. The SMILES string of the molecule is CCCOc1c(-c2cc(/C=C/C(=O)O)ccc2[O-])cc(C(C)(C)C)cc1C(C)(C)C. The second-order valence-corrected chi connectivity index (χ2v) is 9.68. The number of carbonyl (C=O) groups is 1. The zero-order valence-electron chi connectivity index (χ0n) is 19.1. The van der Waals surface area contributed by atoms with Gasteiger partial charge in [0.2, 0.25) is 0 Å². The van der Waals surface area contributed by atoms with E-state index < -0.39 is 5.97 Å². The smallest absolute Gasteiger partial charge is 0.328 e. The van der Waals surface area contributed by atoms with Crippen LogP contribution < -0.4 is 9.84 Å². The Morgan fingerprint density at radius 1 is 1.03 bits per heavy atom. The monoisotopic (exact) mass is 409 g/mol. The Balaban J connectivity index is 2.85. The molecule has 0 fully saturated rings. The van der Waals surface area contributed by atoms with Crippen LogP contribution in [0.15, 0.2) is 36.4 Å². The number of rotatable bonds is 6. The molecule has 0 aliphatic carbocycles. The maximum Gasteiger partial charge on any atom is 0.328 e. The number of aliphatic carboxylic acids is 1. The molecule has 162 valence electrons. The molecule has 0 unspecified atom stereocenters. The van der Waals surface area contributed by atoms with Gasteiger partial charge in [-0.1, -0.05) is 66.7 Å². The lowest BCUT2D eigenvalue weighted by atomic mass is 9.78. The first kappa shape index (κ1) is 23.5. The molecule has 0 aromatic heterocycles. The Kier molecular flexibility index (Phi) is 7.02. The van der Waals surface area contributed by atoms with Crippen molar-refractivity contribution in [1.29, 1.82) is 0 Å². The highest BCUT2D eigenvalue weighted by molar-refractivity contribution is 5.86. The molecule has 0 bridgehead atoms. The Morgan fingerprint density at radius 3 is 2.23 bits per heavy atom. The summed E-state index contributed by atoms with van der Waals surface area (Å²) in [5.74, 6) is -0.414. The molecule has 2 aromatic carbocycles. The number of hydrogen-bond acceptors (Lipinski definition) is 3. The first-order valence-electron chi connectivity index (χ1n) is 10.4. The van der Waals surface area contributed by atoms with Crippen LogP contribution >= 0.6 is 0 Å². The zero-order valence-corrected chi connectivity index (χ0v) is 19.1. The molecule has 4 heteroatoms. The van der Waals surface area contributed by atoms with Gasteiger partial charge in [-0.3, -0.25) is 0 Å². The van der Waals surface area contributed by atoms with Gasteiger partial charge in [-0.25, -0.2) is 4.79 Å². The van der Waals surface area contributed by atoms with Gasteiger partial charge in [0.25, 0.3) is 0 Å². The highest BCUT2D eigenvalue weighted by atomic mass is 16.5. The minimum atomic E-state index is -1.03. The first-order chi connectivity index (χ1) is 13.8. The minimum Gasteiger partial charge on any atom is -0.872 e. The highest BCUT2D eigenvalue weighted by Crippen LogP contribution is 2.45. The molecule has 0 saturated heterocycles. The molecule has 1 N–H and O–H groups in total. The largest absolute Gasteiger partial charge is 0.872 e. The molecule has 2 aromatic rings. The third-order valence-corrected chi connectivity index (χ3v) is 4.93. The lowest BCUT2D eigenvalue weighted by Crippen LogP contribution is -2.19. The van der Waals surface area contributed by atoms with E-state index in [2.05, 4.69) is 54.5 Å². The second-order valence-electron chi connectivity index (χ2n) is 9.68. The van der Waals surface area contributed by atoms with Gasteiger partial charge in [-0.15, -0.1) is 5.75 Å². The van der Waals surface area contributed by atoms with Crippen molar-refractivity contribution in [2.24, 2.45) is 0 Å². The van der Waals surface area contributed by atoms with Crippen molar-refractivity contribution >= 4 is 12.0 Å². The Bertz CT molecular complexity index is 941. The molecule has 0 aliphatic heterocycles. The summed E-state index contributed by atoms with van der Waals surface area (Å²) in [5.41, 5.74) is 3.83. The van der Waals surface area contributed by atoms with Gasteiger partial charge in [0, 0.05) is 17.2 Å². The third kappa shape index (κ3) is 5.65. The normalized spacial score (nSPS) is 12.4. The summed E-state index contributed by atoms with van der Waals surface area (Å²) in [4.78, 5) is 10.9. The van der Waals surface area contributed by atoms with Crippen molar-refractivity contribution in [2.75, 3.05) is 6.61 Å². The minimum absolute atomic E-state index is 0.109. The molecule has 0 heterocycles. The molecule has 0 amide bonds. The maximum atomic E-state index is 12.9. The molecule has 0 spiro atoms. The van der Waals surface area contributed by atoms with Crippen molar-refractivity contribution in [3.63, 3.8) is 0 Å². The summed E-state index contributed by atoms with van der Waals surface area (Å²) in [6.45, 7) is 15.5. The molecule has 0 atom stereocenters. The van der Waals surface area contributed by atoms with E-state index in [1.54, 1.807) is 12.1 Å². The van der Waals surface area contributed by atoms with Gasteiger partial charge in [-0.05, 0) is 52.1 Å². The molecule has 0 radical (unpaired) electrons. The van der Waals surface area contributed by atoms with Crippen LogP contribution in [-0.2, 0) is 15.6 Å². The summed E-state index contributed by atoms with van der Waals surface area (Å²) in [5, 5.41) is 21.8. The van der Waals surface area contributed by atoms with E-state index in [1.165, 1.54) is 12.1 Å². The average Bonchev–Trinajstić information content (AvgIpc) is 2.63. The van der Waals surface area contributed by atoms with E-state index in [-0.39, 0.29) is 16.6 Å². The van der Waals surface area contributed by atoms with Gasteiger partial charge in [-0.2, -0.15) is 0 Å². The summed E-state index contributed by atoms with van der Waals surface area (Å²) < 4.78 is 6.21. The van der Waals surface area contributed by atoms with Crippen molar-refractivity contribution in [3.8, 4) is 22.6 Å². The molecule has 0 aliphatic rings. The lowest BCUT2D eigenvalue weighted by Gasteiger charge is -2.30. The fourth-order valence-electron chi connectivity index (χ4n) is 3.21. The van der Waals surface area contributed by atoms with E-state index in [0.717, 1.165) is 34.9 Å². The predicted octanol–water partition coefficient (Wildman–Crippen LogP) is 5.91. The van der Waals surface area contributed by atoms with Crippen LogP contribution in [-0.4, -0.2) is 17.7 Å². The van der Waals surface area contributed by atoms with E-state index in [1.807, 2.05) is 6.07 Å². The summed E-state index contributed by atoms with van der Waals surface area (Å²) >= 11 is 0. The lowest BCUT2D eigenvalue weighted by molar-refractivity contribution is -0.267. The van der Waals surface area contributed by atoms with Crippen LogP contribution in [0.5, 0.6) is 11.5 Å². The van der Waals surface area contributed by atoms with Crippen LogP contribution in [0.1, 0.15) is 71.6 Å². The third-order valence-electron chi connectivity index (χ3n) is 4.93. The fraction of sp³-hybridized carbons (Fsp3) is 0.423. The quantitative estimate of drug-likeness (QED) is 0.602. The van der Waals surface area contributed by atoms with Gasteiger partial charge < -0.3 is 14.9 Å². The van der Waals surface area contributed by atoms with Gasteiger partial charge in [0.15, 0.2) is 0 Å². The van der Waals surface area contributed by atoms with Crippen LogP contribution in [0.4, 0.5) is 0 Å². The van der Waals surface area contributed by atoms with Crippen LogP contribution in [0.3, 0.4) is 0 Å².